The van der Waals surface area contributed by atoms with Gasteiger partial charge in [-0.15, -0.1) is 0 Å². The van der Waals surface area contributed by atoms with E-state index >= 15 is 0 Å². The highest BCUT2D eigenvalue weighted by atomic mass is 35.5. The van der Waals surface area contributed by atoms with E-state index in [-0.39, 0.29) is 12.4 Å². The third-order valence-corrected chi connectivity index (χ3v) is 1.82. The zero-order valence-electron chi connectivity index (χ0n) is 8.70. The Labute approximate surface area is 97.8 Å². The van der Waals surface area contributed by atoms with Gasteiger partial charge in [0.25, 0.3) is 0 Å². The van der Waals surface area contributed by atoms with Crippen molar-refractivity contribution in [1.29, 1.82) is 0 Å². The summed E-state index contributed by atoms with van der Waals surface area (Å²) in [5, 5.41) is 2.75. The molecule has 0 aliphatic rings. The maximum Gasteiger partial charge on any atom is 0.397 e. The van der Waals surface area contributed by atoms with Crippen molar-refractivity contribution in [3.05, 3.63) is 23.4 Å². The first kappa shape index (κ1) is 12.4. The van der Waals surface area contributed by atoms with Crippen molar-refractivity contribution in [2.45, 2.75) is 13.3 Å². The number of amides is 1. The summed E-state index contributed by atoms with van der Waals surface area (Å²) in [6.45, 7) is 2.06. The van der Waals surface area contributed by atoms with E-state index in [1.165, 1.54) is 12.3 Å². The van der Waals surface area contributed by atoms with Gasteiger partial charge >= 0.3 is 11.9 Å². The summed E-state index contributed by atoms with van der Waals surface area (Å²) in [4.78, 5) is 26.1. The van der Waals surface area contributed by atoms with Crippen LogP contribution < -0.4 is 5.32 Å². The first-order chi connectivity index (χ1) is 7.63. The minimum absolute atomic E-state index is 0.223. The van der Waals surface area contributed by atoms with Gasteiger partial charge in [-0.2, -0.15) is 0 Å². The van der Waals surface area contributed by atoms with E-state index < -0.39 is 11.9 Å². The van der Waals surface area contributed by atoms with Gasteiger partial charge in [0.1, 0.15) is 5.82 Å². The lowest BCUT2D eigenvalue weighted by atomic mass is 10.4. The zero-order chi connectivity index (χ0) is 12.0. The topological polar surface area (TPSA) is 68.3 Å². The Balaban J connectivity index is 2.51. The number of pyridine rings is 1. The van der Waals surface area contributed by atoms with Crippen molar-refractivity contribution in [2.75, 3.05) is 11.9 Å². The second-order valence-corrected chi connectivity index (χ2v) is 3.39. The monoisotopic (exact) mass is 242 g/mol. The average Bonchev–Trinajstić information content (AvgIpc) is 2.29. The molecule has 1 rings (SSSR count). The summed E-state index contributed by atoms with van der Waals surface area (Å²) in [5.41, 5.74) is 0. The van der Waals surface area contributed by atoms with Crippen LogP contribution in [-0.4, -0.2) is 23.5 Å². The van der Waals surface area contributed by atoms with Crippen LogP contribution in [0.3, 0.4) is 0 Å². The molecule has 0 atom stereocenters. The molecule has 0 saturated heterocycles. The normalized spacial score (nSPS) is 9.62. The second-order valence-electron chi connectivity index (χ2n) is 2.95. The van der Waals surface area contributed by atoms with Crippen molar-refractivity contribution >= 4 is 29.3 Å². The van der Waals surface area contributed by atoms with Crippen LogP contribution in [0.4, 0.5) is 5.82 Å². The van der Waals surface area contributed by atoms with E-state index in [4.69, 9.17) is 11.6 Å². The number of anilines is 1. The molecule has 0 unspecified atom stereocenters. The molecule has 16 heavy (non-hydrogen) atoms. The standard InChI is InChI=1S/C10H11ClN2O3/c1-2-5-16-10(15)9(14)13-8-4-3-7(11)6-12-8/h3-4,6H,2,5H2,1H3,(H,12,13,14). The van der Waals surface area contributed by atoms with E-state index in [0.717, 1.165) is 0 Å². The Morgan fingerprint density at radius 2 is 2.25 bits per heavy atom. The van der Waals surface area contributed by atoms with Gasteiger partial charge in [0.2, 0.25) is 0 Å². The number of esters is 1. The van der Waals surface area contributed by atoms with Crippen LogP contribution in [-0.2, 0) is 14.3 Å². The number of ether oxygens (including phenoxy) is 1. The second kappa shape index (κ2) is 6.07. The molecular formula is C10H11ClN2O3. The van der Waals surface area contributed by atoms with Crippen LogP contribution in [0, 0.1) is 0 Å². The molecule has 0 aromatic carbocycles. The average molecular weight is 243 g/mol. The fourth-order valence-electron chi connectivity index (χ4n) is 0.877. The van der Waals surface area contributed by atoms with E-state index in [1.807, 2.05) is 6.92 Å². The third-order valence-electron chi connectivity index (χ3n) is 1.59. The third kappa shape index (κ3) is 3.86. The van der Waals surface area contributed by atoms with Crippen molar-refractivity contribution < 1.29 is 14.3 Å². The summed E-state index contributed by atoms with van der Waals surface area (Å²) in [7, 11) is 0. The lowest BCUT2D eigenvalue weighted by Crippen LogP contribution is -2.25. The fraction of sp³-hybridized carbons (Fsp3) is 0.300. The van der Waals surface area contributed by atoms with E-state index in [2.05, 4.69) is 15.0 Å². The molecule has 0 saturated carbocycles. The molecule has 1 aromatic rings. The van der Waals surface area contributed by atoms with Crippen molar-refractivity contribution in [1.82, 2.24) is 4.98 Å². The number of hydrogen-bond acceptors (Lipinski definition) is 4. The van der Waals surface area contributed by atoms with Gasteiger partial charge in [-0.1, -0.05) is 18.5 Å². The van der Waals surface area contributed by atoms with Gasteiger partial charge in [0.15, 0.2) is 0 Å². The van der Waals surface area contributed by atoms with Gasteiger partial charge in [-0.3, -0.25) is 4.79 Å². The highest BCUT2D eigenvalue weighted by Gasteiger charge is 2.15. The van der Waals surface area contributed by atoms with E-state index in [9.17, 15) is 9.59 Å². The molecule has 1 aromatic heterocycles. The smallest absolute Gasteiger partial charge is 0.397 e. The molecule has 1 amide bonds. The number of hydrogen-bond donors (Lipinski definition) is 1. The minimum Gasteiger partial charge on any atom is -0.459 e. The Kier molecular flexibility index (Phi) is 4.72. The molecule has 0 spiro atoms. The summed E-state index contributed by atoms with van der Waals surface area (Å²) >= 11 is 5.61. The van der Waals surface area contributed by atoms with Crippen LogP contribution in [0.25, 0.3) is 0 Å². The molecule has 86 valence electrons. The number of rotatable bonds is 3. The molecule has 0 radical (unpaired) electrons. The Bertz CT molecular complexity index is 378. The van der Waals surface area contributed by atoms with Gasteiger partial charge in [-0.25, -0.2) is 9.78 Å². The first-order valence-electron chi connectivity index (χ1n) is 4.73. The quantitative estimate of drug-likeness (QED) is 0.646. The van der Waals surface area contributed by atoms with Crippen LogP contribution in [0.2, 0.25) is 5.02 Å². The molecule has 0 bridgehead atoms. The lowest BCUT2D eigenvalue weighted by molar-refractivity contribution is -0.152. The summed E-state index contributed by atoms with van der Waals surface area (Å²) in [6.07, 6.45) is 2.03. The number of aromatic nitrogens is 1. The van der Waals surface area contributed by atoms with Crippen LogP contribution in [0.15, 0.2) is 18.3 Å². The summed E-state index contributed by atoms with van der Waals surface area (Å²) < 4.78 is 4.64. The lowest BCUT2D eigenvalue weighted by Gasteiger charge is -2.04. The fourth-order valence-corrected chi connectivity index (χ4v) is 0.989. The maximum absolute atomic E-state index is 11.2. The van der Waals surface area contributed by atoms with Gasteiger partial charge < -0.3 is 10.1 Å². The number of nitrogens with zero attached hydrogens (tertiary/aromatic N) is 1. The number of carbonyl (C=O) groups excluding carboxylic acids is 2. The van der Waals surface area contributed by atoms with Gasteiger partial charge in [0.05, 0.1) is 11.6 Å². The van der Waals surface area contributed by atoms with Gasteiger partial charge in [0, 0.05) is 6.20 Å². The number of carbonyl (C=O) groups is 2. The molecular weight excluding hydrogens is 232 g/mol. The zero-order valence-corrected chi connectivity index (χ0v) is 9.45. The maximum atomic E-state index is 11.2. The van der Waals surface area contributed by atoms with Crippen LogP contribution in [0.5, 0.6) is 0 Å². The first-order valence-corrected chi connectivity index (χ1v) is 5.11. The SMILES string of the molecule is CCCOC(=O)C(=O)Nc1ccc(Cl)cn1. The van der Waals surface area contributed by atoms with E-state index in [0.29, 0.717) is 11.4 Å². The largest absolute Gasteiger partial charge is 0.459 e. The molecule has 0 aliphatic carbocycles. The molecule has 5 nitrogen and oxygen atoms in total. The van der Waals surface area contributed by atoms with Crippen molar-refractivity contribution in [3.8, 4) is 0 Å². The van der Waals surface area contributed by atoms with Gasteiger partial charge in [-0.05, 0) is 18.6 Å². The number of halogens is 1. The Morgan fingerprint density at radius 3 is 2.81 bits per heavy atom. The highest BCUT2D eigenvalue weighted by Crippen LogP contribution is 2.09. The highest BCUT2D eigenvalue weighted by molar-refractivity contribution is 6.37. The summed E-state index contributed by atoms with van der Waals surface area (Å²) in [5.74, 6) is -1.51. The number of nitrogens with one attached hydrogen (secondary N) is 1. The molecule has 1 heterocycles. The van der Waals surface area contributed by atoms with Crippen LogP contribution in [0.1, 0.15) is 13.3 Å². The Hall–Kier alpha value is -1.62. The molecule has 0 fully saturated rings. The van der Waals surface area contributed by atoms with E-state index in [1.54, 1.807) is 6.07 Å². The predicted molar refractivity (Wildman–Crippen MR) is 59.1 cm³/mol. The molecule has 0 aliphatic heterocycles. The molecule has 1 N–H and O–H groups in total. The van der Waals surface area contributed by atoms with Crippen molar-refractivity contribution in [2.24, 2.45) is 0 Å². The Morgan fingerprint density at radius 1 is 1.50 bits per heavy atom. The summed E-state index contributed by atoms with van der Waals surface area (Å²) in [6, 6.07) is 3.05. The van der Waals surface area contributed by atoms with Crippen LogP contribution >= 0.6 is 11.6 Å². The predicted octanol–water partition coefficient (Wildman–Crippen LogP) is 1.63. The van der Waals surface area contributed by atoms with Crippen molar-refractivity contribution in [3.63, 3.8) is 0 Å². The molecule has 6 heteroatoms. The minimum atomic E-state index is -0.918.